The van der Waals surface area contributed by atoms with E-state index in [-0.39, 0.29) is 5.92 Å². The Bertz CT molecular complexity index is 1310. The Morgan fingerprint density at radius 3 is 2.56 bits per heavy atom. The van der Waals surface area contributed by atoms with Crippen molar-refractivity contribution in [3.63, 3.8) is 0 Å². The van der Waals surface area contributed by atoms with Crippen LogP contribution in [-0.2, 0) is 0 Å². The minimum atomic E-state index is -0.535. The second-order valence-electron chi connectivity index (χ2n) is 6.40. The third-order valence-corrected chi connectivity index (χ3v) is 5.38. The molecule has 0 saturated carbocycles. The predicted molar refractivity (Wildman–Crippen MR) is 108 cm³/mol. The largest absolute Gasteiger partial charge is 0.341 e. The Morgan fingerprint density at radius 2 is 1.74 bits per heavy atom. The van der Waals surface area contributed by atoms with Gasteiger partial charge in [0, 0.05) is 27.7 Å². The van der Waals surface area contributed by atoms with Crippen molar-refractivity contribution >= 4 is 38.3 Å². The van der Waals surface area contributed by atoms with Crippen molar-refractivity contribution in [3.05, 3.63) is 96.7 Å². The summed E-state index contributed by atoms with van der Waals surface area (Å²) in [6.07, 6.45) is 1.75. The van der Waals surface area contributed by atoms with Gasteiger partial charge in [0.15, 0.2) is 0 Å². The third-order valence-electron chi connectivity index (χ3n) is 4.85. The molecule has 0 spiro atoms. The first-order valence-corrected chi connectivity index (χ1v) is 9.18. The Morgan fingerprint density at radius 1 is 0.926 bits per heavy atom. The zero-order valence-electron chi connectivity index (χ0n) is 13.9. The summed E-state index contributed by atoms with van der Waals surface area (Å²) in [6.45, 7) is 0. The van der Waals surface area contributed by atoms with Crippen LogP contribution in [-0.4, -0.2) is 15.0 Å². The summed E-state index contributed by atoms with van der Waals surface area (Å²) in [5, 5.41) is 4.18. The molecule has 1 aliphatic heterocycles. The van der Waals surface area contributed by atoms with Gasteiger partial charge in [-0.3, -0.25) is 19.7 Å². The molecule has 0 radical (unpaired) electrons. The molecule has 5 rings (SSSR count). The van der Waals surface area contributed by atoms with Crippen molar-refractivity contribution in [2.75, 3.05) is 5.32 Å². The molecule has 6 nitrogen and oxygen atoms in total. The van der Waals surface area contributed by atoms with E-state index in [2.05, 4.69) is 36.2 Å². The first-order valence-electron chi connectivity index (χ1n) is 8.38. The van der Waals surface area contributed by atoms with Crippen molar-refractivity contribution in [3.8, 4) is 0 Å². The average molecular weight is 421 g/mol. The van der Waals surface area contributed by atoms with E-state index in [1.165, 1.54) is 0 Å². The van der Waals surface area contributed by atoms with Gasteiger partial charge in [0.2, 0.25) is 0 Å². The second-order valence-corrected chi connectivity index (χ2v) is 7.32. The molecule has 0 amide bonds. The normalized spacial score (nSPS) is 15.1. The Hall–Kier alpha value is -3.19. The van der Waals surface area contributed by atoms with Gasteiger partial charge in [0.25, 0.3) is 5.56 Å². The standard InChI is InChI=1S/C20H13BrN4O2/c21-11-5-3-10(4-6-11)15-16-12-2-1-9-22-13(12)7-8-14(16)23-18-17(15)19(26)25-20(27)24-18/h1-9,15H,(H3,23,24,25,26,27). The lowest BCUT2D eigenvalue weighted by Gasteiger charge is -2.29. The number of fused-ring (bicyclic) bond motifs is 4. The first kappa shape index (κ1) is 16.0. The zero-order chi connectivity index (χ0) is 18.5. The number of H-pyrrole nitrogens is 2. The Balaban J connectivity index is 1.90. The molecule has 7 heteroatoms. The number of nitrogens with zero attached hydrogens (tertiary/aromatic N) is 1. The lowest BCUT2D eigenvalue weighted by Crippen LogP contribution is -2.31. The van der Waals surface area contributed by atoms with Gasteiger partial charge in [0.05, 0.1) is 11.1 Å². The molecule has 0 aliphatic carbocycles. The number of nitrogens with one attached hydrogen (secondary N) is 3. The van der Waals surface area contributed by atoms with E-state index < -0.39 is 11.2 Å². The van der Waals surface area contributed by atoms with Crippen LogP contribution in [0, 0.1) is 0 Å². The van der Waals surface area contributed by atoms with E-state index >= 15 is 0 Å². The molecule has 0 bridgehead atoms. The number of hydrogen-bond donors (Lipinski definition) is 3. The number of anilines is 2. The fourth-order valence-corrected chi connectivity index (χ4v) is 4.00. The molecule has 2 aromatic heterocycles. The van der Waals surface area contributed by atoms with Crippen molar-refractivity contribution in [1.82, 2.24) is 15.0 Å². The number of aromatic nitrogens is 3. The highest BCUT2D eigenvalue weighted by Gasteiger charge is 2.32. The van der Waals surface area contributed by atoms with Crippen molar-refractivity contribution in [2.24, 2.45) is 0 Å². The van der Waals surface area contributed by atoms with E-state index in [1.807, 2.05) is 48.5 Å². The fraction of sp³-hybridized carbons (Fsp3) is 0.0500. The minimum Gasteiger partial charge on any atom is -0.341 e. The summed E-state index contributed by atoms with van der Waals surface area (Å²) in [5.74, 6) is 0.0882. The van der Waals surface area contributed by atoms with Crippen molar-refractivity contribution in [1.29, 1.82) is 0 Å². The van der Waals surface area contributed by atoms with Gasteiger partial charge < -0.3 is 5.32 Å². The van der Waals surface area contributed by atoms with Crippen LogP contribution < -0.4 is 16.6 Å². The van der Waals surface area contributed by atoms with Crippen LogP contribution in [0.2, 0.25) is 0 Å². The third kappa shape index (κ3) is 2.50. The molecule has 132 valence electrons. The number of halogens is 1. The highest BCUT2D eigenvalue weighted by Crippen LogP contribution is 2.45. The van der Waals surface area contributed by atoms with Crippen LogP contribution in [0.15, 0.2) is 68.8 Å². The van der Waals surface area contributed by atoms with Gasteiger partial charge in [-0.15, -0.1) is 0 Å². The van der Waals surface area contributed by atoms with Gasteiger partial charge in [-0.1, -0.05) is 34.1 Å². The van der Waals surface area contributed by atoms with E-state index in [9.17, 15) is 9.59 Å². The molecular formula is C20H13BrN4O2. The summed E-state index contributed by atoms with van der Waals surface area (Å²) in [6, 6.07) is 15.6. The summed E-state index contributed by atoms with van der Waals surface area (Å²) in [7, 11) is 0. The quantitative estimate of drug-likeness (QED) is 0.386. The molecule has 0 fully saturated rings. The number of aromatic amines is 2. The summed E-state index contributed by atoms with van der Waals surface area (Å²) >= 11 is 3.46. The number of benzene rings is 2. The molecule has 2 aromatic carbocycles. The van der Waals surface area contributed by atoms with Gasteiger partial charge in [-0.2, -0.15) is 0 Å². The van der Waals surface area contributed by atoms with Crippen molar-refractivity contribution < 1.29 is 0 Å². The lowest BCUT2D eigenvalue weighted by atomic mass is 9.81. The molecule has 0 saturated heterocycles. The molecule has 1 aliphatic rings. The average Bonchev–Trinajstić information content (AvgIpc) is 2.66. The van der Waals surface area contributed by atoms with E-state index in [1.54, 1.807) is 6.20 Å². The topological polar surface area (TPSA) is 90.6 Å². The molecule has 3 heterocycles. The van der Waals surface area contributed by atoms with Crippen LogP contribution in [0.3, 0.4) is 0 Å². The predicted octanol–water partition coefficient (Wildman–Crippen LogP) is 3.61. The smallest absolute Gasteiger partial charge is 0.327 e. The van der Waals surface area contributed by atoms with Gasteiger partial charge in [0.1, 0.15) is 5.82 Å². The fourth-order valence-electron chi connectivity index (χ4n) is 3.73. The van der Waals surface area contributed by atoms with E-state index in [0.29, 0.717) is 11.4 Å². The highest BCUT2D eigenvalue weighted by atomic mass is 79.9. The van der Waals surface area contributed by atoms with E-state index in [0.717, 1.165) is 32.2 Å². The monoisotopic (exact) mass is 420 g/mol. The molecular weight excluding hydrogens is 408 g/mol. The van der Waals surface area contributed by atoms with Crippen LogP contribution in [0.1, 0.15) is 22.6 Å². The Labute approximate surface area is 161 Å². The minimum absolute atomic E-state index is 0.335. The number of rotatable bonds is 1. The van der Waals surface area contributed by atoms with Gasteiger partial charge in [-0.05, 0) is 41.5 Å². The SMILES string of the molecule is O=c1[nH]c2c(c(=O)[nH]1)C(c1ccc(Br)cc1)c1c(ccc3ncccc13)N2. The van der Waals surface area contributed by atoms with Crippen LogP contribution >= 0.6 is 15.9 Å². The maximum Gasteiger partial charge on any atom is 0.327 e. The van der Waals surface area contributed by atoms with Gasteiger partial charge in [-0.25, -0.2) is 4.79 Å². The molecule has 1 unspecified atom stereocenters. The number of pyridine rings is 1. The van der Waals surface area contributed by atoms with Gasteiger partial charge >= 0.3 is 5.69 Å². The lowest BCUT2D eigenvalue weighted by molar-refractivity contribution is 0.893. The highest BCUT2D eigenvalue weighted by molar-refractivity contribution is 9.10. The van der Waals surface area contributed by atoms with E-state index in [4.69, 9.17) is 0 Å². The number of hydrogen-bond acceptors (Lipinski definition) is 4. The molecule has 4 aromatic rings. The second kappa shape index (κ2) is 5.92. The zero-order valence-corrected chi connectivity index (χ0v) is 15.5. The molecule has 3 N–H and O–H groups in total. The maximum atomic E-state index is 12.7. The van der Waals surface area contributed by atoms with Crippen molar-refractivity contribution in [2.45, 2.75) is 5.92 Å². The Kier molecular flexibility index (Phi) is 3.51. The summed E-state index contributed by atoms with van der Waals surface area (Å²) in [5.41, 5.74) is 3.17. The van der Waals surface area contributed by atoms with Crippen LogP contribution in [0.25, 0.3) is 10.9 Å². The molecule has 27 heavy (non-hydrogen) atoms. The summed E-state index contributed by atoms with van der Waals surface area (Å²) < 4.78 is 0.954. The summed E-state index contributed by atoms with van der Waals surface area (Å²) in [4.78, 5) is 34.1. The molecule has 1 atom stereocenters. The van der Waals surface area contributed by atoms with Crippen LogP contribution in [0.4, 0.5) is 11.5 Å². The maximum absolute atomic E-state index is 12.7. The van der Waals surface area contributed by atoms with Crippen LogP contribution in [0.5, 0.6) is 0 Å². The first-order chi connectivity index (χ1) is 13.1.